The Morgan fingerprint density at radius 3 is 2.61 bits per heavy atom. The van der Waals surface area contributed by atoms with Crippen LogP contribution in [0.4, 0.5) is 0 Å². The molecular formula is C12H15N3O2S. The summed E-state index contributed by atoms with van der Waals surface area (Å²) in [5, 5.41) is -0.313. The Balaban J connectivity index is 2.44. The standard InChI is InChI=1S/C12H15N3O2S/c1-6-5-18-11-7(14-13)10(17)15(11)8(6)9(16)12(2,3)4/h11H,5H2,1-4H3. The number of Topliss-reactive ketones (excluding diaryl/α,β-unsaturated/α-hetero) is 1. The lowest BCUT2D eigenvalue weighted by molar-refractivity contribution is -0.138. The number of amides is 1. The highest BCUT2D eigenvalue weighted by Crippen LogP contribution is 2.40. The second kappa shape index (κ2) is 4.07. The number of β-lactam (4-membered cyclic amide) rings is 1. The predicted octanol–water partition coefficient (Wildman–Crippen LogP) is 1.46. The molecule has 1 atom stereocenters. The number of hydrogen-bond donors (Lipinski definition) is 0. The summed E-state index contributed by atoms with van der Waals surface area (Å²) in [4.78, 5) is 28.7. The molecule has 2 aliphatic rings. The smallest absolute Gasteiger partial charge is 0.361 e. The summed E-state index contributed by atoms with van der Waals surface area (Å²) < 4.78 is 0. The molecule has 18 heavy (non-hydrogen) atoms. The monoisotopic (exact) mass is 265 g/mol. The molecule has 0 aromatic rings. The van der Waals surface area contributed by atoms with Gasteiger partial charge in [-0.25, -0.2) is 0 Å². The van der Waals surface area contributed by atoms with Gasteiger partial charge in [0.2, 0.25) is 0 Å². The van der Waals surface area contributed by atoms with Crippen LogP contribution in [0.1, 0.15) is 27.7 Å². The third-order valence-corrected chi connectivity index (χ3v) is 4.36. The Labute approximate surface area is 110 Å². The topological polar surface area (TPSA) is 73.8 Å². The molecule has 6 heteroatoms. The minimum atomic E-state index is -0.532. The summed E-state index contributed by atoms with van der Waals surface area (Å²) in [6.45, 7) is 7.36. The van der Waals surface area contributed by atoms with E-state index in [1.54, 1.807) is 0 Å². The van der Waals surface area contributed by atoms with Crippen molar-refractivity contribution in [3.63, 3.8) is 0 Å². The van der Waals surface area contributed by atoms with Gasteiger partial charge in [0, 0.05) is 11.2 Å². The molecule has 0 spiro atoms. The molecule has 1 unspecified atom stereocenters. The molecule has 5 nitrogen and oxygen atoms in total. The molecule has 0 aromatic carbocycles. The molecule has 0 aromatic heterocycles. The van der Waals surface area contributed by atoms with Crippen LogP contribution in [0, 0.1) is 5.41 Å². The third-order valence-electron chi connectivity index (χ3n) is 3.01. The SMILES string of the molecule is CC1=C(C(=O)C(C)(C)C)N2C(=O)C(=[N+]=[N-])C2SC1. The number of carbonyl (C=O) groups is 2. The van der Waals surface area contributed by atoms with Crippen molar-refractivity contribution in [2.24, 2.45) is 5.41 Å². The Hall–Kier alpha value is -1.39. The summed E-state index contributed by atoms with van der Waals surface area (Å²) in [5.41, 5.74) is 9.75. The average molecular weight is 265 g/mol. The maximum absolute atomic E-state index is 12.4. The van der Waals surface area contributed by atoms with E-state index in [0.29, 0.717) is 11.4 Å². The summed E-state index contributed by atoms with van der Waals surface area (Å²) in [6.07, 6.45) is 0. The van der Waals surface area contributed by atoms with Gasteiger partial charge in [-0.1, -0.05) is 20.8 Å². The summed E-state index contributed by atoms with van der Waals surface area (Å²) in [7, 11) is 0. The van der Waals surface area contributed by atoms with Crippen molar-refractivity contribution < 1.29 is 14.4 Å². The lowest BCUT2D eigenvalue weighted by atomic mass is 9.86. The van der Waals surface area contributed by atoms with Crippen molar-refractivity contribution >= 4 is 29.2 Å². The Kier molecular flexibility index (Phi) is 2.95. The van der Waals surface area contributed by atoms with E-state index in [1.807, 2.05) is 27.7 Å². The summed E-state index contributed by atoms with van der Waals surface area (Å²) in [6, 6.07) is 0. The second-order valence-electron chi connectivity index (χ2n) is 5.53. The second-order valence-corrected chi connectivity index (χ2v) is 6.60. The van der Waals surface area contributed by atoms with E-state index in [0.717, 1.165) is 5.57 Å². The number of rotatable bonds is 1. The van der Waals surface area contributed by atoms with Crippen LogP contribution >= 0.6 is 11.8 Å². The Morgan fingerprint density at radius 1 is 1.50 bits per heavy atom. The zero-order valence-corrected chi connectivity index (χ0v) is 11.7. The Morgan fingerprint density at radius 2 is 2.11 bits per heavy atom. The van der Waals surface area contributed by atoms with Crippen molar-refractivity contribution in [1.29, 1.82) is 0 Å². The van der Waals surface area contributed by atoms with Crippen molar-refractivity contribution in [3.05, 3.63) is 16.8 Å². The summed E-state index contributed by atoms with van der Waals surface area (Å²) >= 11 is 1.49. The van der Waals surface area contributed by atoms with Gasteiger partial charge in [-0.15, -0.1) is 11.8 Å². The van der Waals surface area contributed by atoms with Gasteiger partial charge in [-0.05, 0) is 12.5 Å². The number of fused-ring (bicyclic) bond motifs is 1. The number of allylic oxidation sites excluding steroid dienone is 1. The van der Waals surface area contributed by atoms with Crippen molar-refractivity contribution in [3.8, 4) is 0 Å². The van der Waals surface area contributed by atoms with Crippen LogP contribution in [-0.2, 0) is 9.59 Å². The quantitative estimate of drug-likeness (QED) is 0.409. The first-order chi connectivity index (χ1) is 8.29. The van der Waals surface area contributed by atoms with Gasteiger partial charge in [0.05, 0.1) is 5.70 Å². The van der Waals surface area contributed by atoms with E-state index in [4.69, 9.17) is 5.53 Å². The zero-order chi connectivity index (χ0) is 13.7. The molecule has 0 bridgehead atoms. The highest BCUT2D eigenvalue weighted by Gasteiger charge is 2.57. The number of nitrogens with zero attached hydrogens (tertiary/aromatic N) is 3. The van der Waals surface area contributed by atoms with Gasteiger partial charge < -0.3 is 5.53 Å². The molecule has 96 valence electrons. The fourth-order valence-corrected chi connectivity index (χ4v) is 3.19. The lowest BCUT2D eigenvalue weighted by Crippen LogP contribution is -2.63. The number of ketones is 1. The highest BCUT2D eigenvalue weighted by atomic mass is 32.2. The van der Waals surface area contributed by atoms with Crippen LogP contribution in [0.3, 0.4) is 0 Å². The third kappa shape index (κ3) is 1.72. The van der Waals surface area contributed by atoms with E-state index in [2.05, 4.69) is 4.79 Å². The molecule has 1 saturated heterocycles. The van der Waals surface area contributed by atoms with Gasteiger partial charge in [-0.3, -0.25) is 14.5 Å². The molecule has 0 aliphatic carbocycles. The van der Waals surface area contributed by atoms with E-state index in [9.17, 15) is 9.59 Å². The lowest BCUT2D eigenvalue weighted by Gasteiger charge is -2.41. The molecule has 0 saturated carbocycles. The normalized spacial score (nSPS) is 23.6. The zero-order valence-electron chi connectivity index (χ0n) is 10.9. The minimum absolute atomic E-state index is 0.0457. The van der Waals surface area contributed by atoms with Gasteiger partial charge in [-0.2, -0.15) is 4.79 Å². The first-order valence-corrected chi connectivity index (χ1v) is 6.75. The van der Waals surface area contributed by atoms with Gasteiger partial charge >= 0.3 is 11.6 Å². The average Bonchev–Trinajstić information content (AvgIpc) is 2.28. The van der Waals surface area contributed by atoms with E-state index < -0.39 is 5.41 Å². The number of thioether (sulfide) groups is 1. The molecule has 1 fully saturated rings. The maximum Gasteiger partial charge on any atom is 0.389 e. The van der Waals surface area contributed by atoms with Crippen molar-refractivity contribution in [2.75, 3.05) is 5.75 Å². The molecular weight excluding hydrogens is 250 g/mol. The highest BCUT2D eigenvalue weighted by molar-refractivity contribution is 8.01. The first-order valence-electron chi connectivity index (χ1n) is 5.70. The van der Waals surface area contributed by atoms with Gasteiger partial charge in [0.1, 0.15) is 0 Å². The maximum atomic E-state index is 12.4. The predicted molar refractivity (Wildman–Crippen MR) is 68.9 cm³/mol. The van der Waals surface area contributed by atoms with Gasteiger partial charge in [0.15, 0.2) is 11.2 Å². The van der Waals surface area contributed by atoms with Gasteiger partial charge in [0.25, 0.3) is 0 Å². The number of hydrogen-bond acceptors (Lipinski definition) is 3. The minimum Gasteiger partial charge on any atom is -0.361 e. The largest absolute Gasteiger partial charge is 0.389 e. The van der Waals surface area contributed by atoms with Crippen LogP contribution in [0.2, 0.25) is 0 Å². The van der Waals surface area contributed by atoms with E-state index in [-0.39, 0.29) is 22.8 Å². The van der Waals surface area contributed by atoms with E-state index in [1.165, 1.54) is 16.7 Å². The van der Waals surface area contributed by atoms with Crippen LogP contribution in [0.15, 0.2) is 11.3 Å². The fraction of sp³-hybridized carbons (Fsp3) is 0.583. The van der Waals surface area contributed by atoms with Crippen LogP contribution in [0.25, 0.3) is 5.53 Å². The van der Waals surface area contributed by atoms with Crippen molar-refractivity contribution in [1.82, 2.24) is 4.90 Å². The molecule has 2 rings (SSSR count). The van der Waals surface area contributed by atoms with Crippen LogP contribution in [0.5, 0.6) is 0 Å². The molecule has 0 radical (unpaired) electrons. The Bertz CT molecular complexity index is 524. The fourth-order valence-electron chi connectivity index (χ4n) is 1.99. The molecule has 2 aliphatic heterocycles. The van der Waals surface area contributed by atoms with E-state index >= 15 is 0 Å². The van der Waals surface area contributed by atoms with Crippen LogP contribution < -0.4 is 0 Å². The number of carbonyl (C=O) groups excluding carboxylic acids is 2. The molecule has 2 heterocycles. The van der Waals surface area contributed by atoms with Crippen molar-refractivity contribution in [2.45, 2.75) is 33.1 Å². The molecule has 0 N–H and O–H groups in total. The first kappa shape index (κ1) is 13.1. The summed E-state index contributed by atoms with van der Waals surface area (Å²) in [5.74, 6) is 0.252. The molecule has 1 amide bonds. The van der Waals surface area contributed by atoms with Crippen LogP contribution in [-0.4, -0.2) is 38.2 Å².